The van der Waals surface area contributed by atoms with Crippen LogP contribution in [0.3, 0.4) is 0 Å². The van der Waals surface area contributed by atoms with Crippen molar-refractivity contribution < 1.29 is 4.74 Å². The fraction of sp³-hybridized carbons (Fsp3) is 0.385. The molecule has 5 rings (SSSR count). The van der Waals surface area contributed by atoms with Crippen LogP contribution in [-0.4, -0.2) is 40.3 Å². The quantitative estimate of drug-likeness (QED) is 0.254. The van der Waals surface area contributed by atoms with E-state index in [0.717, 1.165) is 31.9 Å². The molecule has 0 aliphatic carbocycles. The Morgan fingerprint density at radius 2 is 2.00 bits per heavy atom. The number of hydrogen-bond donors (Lipinski definition) is 2. The van der Waals surface area contributed by atoms with Gasteiger partial charge in [-0.05, 0) is 48.4 Å². The summed E-state index contributed by atoms with van der Waals surface area (Å²) in [4.78, 5) is 9.03. The van der Waals surface area contributed by atoms with E-state index in [1.807, 2.05) is 18.7 Å². The molecule has 3 aromatic rings. The number of halogens is 1. The third kappa shape index (κ3) is 5.76. The SMILES string of the molecule is CCNC(=NCc1ccccc1-c1ccc(Cn2ccnc2)cc1)NC1CC2CCC1O2.I. The van der Waals surface area contributed by atoms with Crippen LogP contribution in [0.1, 0.15) is 37.3 Å². The number of guanidine groups is 1. The molecule has 2 aliphatic heterocycles. The molecule has 174 valence electrons. The third-order valence-corrected chi connectivity index (χ3v) is 6.39. The summed E-state index contributed by atoms with van der Waals surface area (Å²) in [6, 6.07) is 17.7. The van der Waals surface area contributed by atoms with Crippen LogP contribution in [0.2, 0.25) is 0 Å². The zero-order valence-corrected chi connectivity index (χ0v) is 21.3. The van der Waals surface area contributed by atoms with Crippen LogP contribution < -0.4 is 10.6 Å². The third-order valence-electron chi connectivity index (χ3n) is 6.39. The van der Waals surface area contributed by atoms with E-state index >= 15 is 0 Å². The number of imidazole rings is 1. The lowest BCUT2D eigenvalue weighted by Gasteiger charge is -2.22. The minimum Gasteiger partial charge on any atom is -0.373 e. The van der Waals surface area contributed by atoms with Gasteiger partial charge in [0.15, 0.2) is 5.96 Å². The lowest BCUT2D eigenvalue weighted by atomic mass is 9.96. The number of hydrogen-bond acceptors (Lipinski definition) is 3. The molecule has 2 saturated heterocycles. The van der Waals surface area contributed by atoms with Crippen molar-refractivity contribution in [2.45, 2.75) is 57.5 Å². The summed E-state index contributed by atoms with van der Waals surface area (Å²) in [6.45, 7) is 4.40. The molecule has 2 aromatic carbocycles. The molecule has 3 unspecified atom stereocenters. The summed E-state index contributed by atoms with van der Waals surface area (Å²) < 4.78 is 8.07. The summed E-state index contributed by atoms with van der Waals surface area (Å²) in [5.74, 6) is 0.874. The second kappa shape index (κ2) is 11.2. The predicted octanol–water partition coefficient (Wildman–Crippen LogP) is 4.59. The first-order valence-corrected chi connectivity index (χ1v) is 11.6. The molecule has 33 heavy (non-hydrogen) atoms. The van der Waals surface area contributed by atoms with Gasteiger partial charge in [-0.2, -0.15) is 0 Å². The van der Waals surface area contributed by atoms with Crippen molar-refractivity contribution in [1.82, 2.24) is 20.2 Å². The van der Waals surface area contributed by atoms with Gasteiger partial charge >= 0.3 is 0 Å². The van der Waals surface area contributed by atoms with E-state index in [1.54, 1.807) is 0 Å². The fourth-order valence-corrected chi connectivity index (χ4v) is 4.77. The highest BCUT2D eigenvalue weighted by Gasteiger charge is 2.41. The Kier molecular flexibility index (Phi) is 8.03. The van der Waals surface area contributed by atoms with E-state index in [4.69, 9.17) is 9.73 Å². The van der Waals surface area contributed by atoms with Crippen LogP contribution in [0.5, 0.6) is 0 Å². The van der Waals surface area contributed by atoms with Gasteiger partial charge in [0.05, 0.1) is 31.1 Å². The van der Waals surface area contributed by atoms with Crippen LogP contribution in [0.15, 0.2) is 72.2 Å². The number of rotatable bonds is 7. The summed E-state index contributed by atoms with van der Waals surface area (Å²) in [5, 5.41) is 7.02. The van der Waals surface area contributed by atoms with Crippen LogP contribution in [0, 0.1) is 0 Å². The first-order chi connectivity index (χ1) is 15.8. The second-order valence-corrected chi connectivity index (χ2v) is 8.64. The monoisotopic (exact) mass is 557 g/mol. The highest BCUT2D eigenvalue weighted by molar-refractivity contribution is 14.0. The minimum atomic E-state index is 0. The molecule has 2 N–H and O–H groups in total. The molecular weight excluding hydrogens is 525 g/mol. The molecule has 3 heterocycles. The number of nitrogens with zero attached hydrogens (tertiary/aromatic N) is 3. The summed E-state index contributed by atoms with van der Waals surface area (Å²) in [7, 11) is 0. The van der Waals surface area contributed by atoms with Crippen molar-refractivity contribution in [3.63, 3.8) is 0 Å². The molecular formula is C26H32IN5O. The standard InChI is InChI=1S/C26H31N5O.HI/c1-2-28-26(30-24-15-22-11-12-25(24)32-22)29-16-21-5-3-4-6-23(21)20-9-7-19(8-10-20)17-31-14-13-27-18-31;/h3-10,13-14,18,22,24-25H,2,11-12,15-17H2,1H3,(H2,28,29,30);1H. The molecule has 3 atom stereocenters. The zero-order chi connectivity index (χ0) is 21.8. The van der Waals surface area contributed by atoms with E-state index in [1.165, 1.54) is 28.7 Å². The fourth-order valence-electron chi connectivity index (χ4n) is 4.77. The van der Waals surface area contributed by atoms with E-state index in [0.29, 0.717) is 24.8 Å². The van der Waals surface area contributed by atoms with E-state index in [2.05, 4.69) is 75.6 Å². The van der Waals surface area contributed by atoms with E-state index < -0.39 is 0 Å². The first kappa shape index (κ1) is 23.8. The van der Waals surface area contributed by atoms with Gasteiger partial charge in [-0.1, -0.05) is 48.5 Å². The van der Waals surface area contributed by atoms with E-state index in [9.17, 15) is 0 Å². The highest BCUT2D eigenvalue weighted by Crippen LogP contribution is 2.34. The maximum absolute atomic E-state index is 6.00. The number of nitrogens with one attached hydrogen (secondary N) is 2. The Bertz CT molecular complexity index is 1050. The Morgan fingerprint density at radius 1 is 1.15 bits per heavy atom. The molecule has 7 heteroatoms. The van der Waals surface area contributed by atoms with Crippen LogP contribution in [0.25, 0.3) is 11.1 Å². The molecule has 0 amide bonds. The van der Waals surface area contributed by atoms with Crippen molar-refractivity contribution in [1.29, 1.82) is 0 Å². The Hall–Kier alpha value is -2.39. The average molecular weight is 557 g/mol. The smallest absolute Gasteiger partial charge is 0.191 e. The topological polar surface area (TPSA) is 63.5 Å². The molecule has 2 fully saturated rings. The number of benzene rings is 2. The molecule has 0 spiro atoms. The lowest BCUT2D eigenvalue weighted by molar-refractivity contribution is 0.0992. The van der Waals surface area contributed by atoms with Crippen molar-refractivity contribution >= 4 is 29.9 Å². The Labute approximate surface area is 212 Å². The van der Waals surface area contributed by atoms with Crippen LogP contribution in [-0.2, 0) is 17.8 Å². The van der Waals surface area contributed by atoms with Gasteiger partial charge in [0, 0.05) is 25.5 Å². The molecule has 6 nitrogen and oxygen atoms in total. The van der Waals surface area contributed by atoms with Gasteiger partial charge in [0.1, 0.15) is 0 Å². The predicted molar refractivity (Wildman–Crippen MR) is 143 cm³/mol. The van der Waals surface area contributed by atoms with Gasteiger partial charge in [0.2, 0.25) is 0 Å². The number of aliphatic imine (C=N–C) groups is 1. The molecule has 0 saturated carbocycles. The Morgan fingerprint density at radius 3 is 2.70 bits per heavy atom. The molecule has 2 aliphatic rings. The first-order valence-electron chi connectivity index (χ1n) is 11.6. The highest BCUT2D eigenvalue weighted by atomic mass is 127. The largest absolute Gasteiger partial charge is 0.373 e. The van der Waals surface area contributed by atoms with Gasteiger partial charge in [-0.15, -0.1) is 24.0 Å². The van der Waals surface area contributed by atoms with Gasteiger partial charge < -0.3 is 19.9 Å². The van der Waals surface area contributed by atoms with Crippen molar-refractivity contribution in [2.24, 2.45) is 4.99 Å². The molecule has 2 bridgehead atoms. The van der Waals surface area contributed by atoms with Gasteiger partial charge in [-0.3, -0.25) is 0 Å². The number of ether oxygens (including phenoxy) is 1. The summed E-state index contributed by atoms with van der Waals surface area (Å²) in [6.07, 6.45) is 9.84. The lowest BCUT2D eigenvalue weighted by Crippen LogP contribution is -2.47. The zero-order valence-electron chi connectivity index (χ0n) is 19.0. The normalized spacial score (nSPS) is 21.6. The summed E-state index contributed by atoms with van der Waals surface area (Å²) >= 11 is 0. The maximum atomic E-state index is 6.00. The molecule has 0 radical (unpaired) electrons. The van der Waals surface area contributed by atoms with Crippen molar-refractivity contribution in [3.05, 3.63) is 78.4 Å². The Balaban J connectivity index is 0.00000259. The second-order valence-electron chi connectivity index (χ2n) is 8.64. The number of fused-ring (bicyclic) bond motifs is 2. The van der Waals surface area contributed by atoms with Crippen LogP contribution in [0.4, 0.5) is 0 Å². The van der Waals surface area contributed by atoms with Crippen LogP contribution >= 0.6 is 24.0 Å². The van der Waals surface area contributed by atoms with Crippen molar-refractivity contribution in [2.75, 3.05) is 6.54 Å². The van der Waals surface area contributed by atoms with Gasteiger partial charge in [0.25, 0.3) is 0 Å². The minimum absolute atomic E-state index is 0. The van der Waals surface area contributed by atoms with E-state index in [-0.39, 0.29) is 24.0 Å². The maximum Gasteiger partial charge on any atom is 0.191 e. The van der Waals surface area contributed by atoms with Crippen molar-refractivity contribution in [3.8, 4) is 11.1 Å². The summed E-state index contributed by atoms with van der Waals surface area (Å²) in [5.41, 5.74) is 4.92. The number of aromatic nitrogens is 2. The average Bonchev–Trinajstić information content (AvgIpc) is 3.58. The van der Waals surface area contributed by atoms with Gasteiger partial charge in [-0.25, -0.2) is 9.98 Å². The molecule has 1 aromatic heterocycles.